The number of rotatable bonds is 5. The van der Waals surface area contributed by atoms with E-state index in [1.54, 1.807) is 0 Å². The first-order chi connectivity index (χ1) is 10.9. The van der Waals surface area contributed by atoms with Crippen LogP contribution in [-0.2, 0) is 9.59 Å². The molecule has 120 valence electrons. The van der Waals surface area contributed by atoms with Gasteiger partial charge in [0.25, 0.3) is 0 Å². The molecule has 2 aromatic rings. The van der Waals surface area contributed by atoms with Gasteiger partial charge < -0.3 is 9.47 Å². The Morgan fingerprint density at radius 2 is 1.30 bits per heavy atom. The average molecular weight is 320 g/mol. The number of hydrogen-bond acceptors (Lipinski definition) is 4. The van der Waals surface area contributed by atoms with E-state index in [9.17, 15) is 18.4 Å². The number of esters is 2. The third kappa shape index (κ3) is 5.18. The second kappa shape index (κ2) is 7.49. The number of carbonyl (C=O) groups excluding carboxylic acids is 2. The number of benzene rings is 2. The van der Waals surface area contributed by atoms with Crippen molar-refractivity contribution in [2.24, 2.45) is 5.92 Å². The van der Waals surface area contributed by atoms with E-state index in [1.165, 1.54) is 31.2 Å². The van der Waals surface area contributed by atoms with Crippen molar-refractivity contribution in [3.8, 4) is 11.5 Å². The molecule has 0 heterocycles. The first kappa shape index (κ1) is 16.6. The molecule has 1 unspecified atom stereocenters. The molecule has 0 saturated carbocycles. The van der Waals surface area contributed by atoms with Gasteiger partial charge in [-0.2, -0.15) is 0 Å². The summed E-state index contributed by atoms with van der Waals surface area (Å²) in [6.45, 7) is 1.51. The van der Waals surface area contributed by atoms with Crippen LogP contribution in [0.25, 0.3) is 0 Å². The molecule has 6 heteroatoms. The lowest BCUT2D eigenvalue weighted by molar-refractivity contribution is -0.144. The predicted molar refractivity (Wildman–Crippen MR) is 77.9 cm³/mol. The molecule has 0 radical (unpaired) electrons. The first-order valence-corrected chi connectivity index (χ1v) is 6.87. The predicted octanol–water partition coefficient (Wildman–Crippen LogP) is 3.50. The molecular weight excluding hydrogens is 306 g/mol. The largest absolute Gasteiger partial charge is 0.427 e. The summed E-state index contributed by atoms with van der Waals surface area (Å²) >= 11 is 0. The minimum absolute atomic E-state index is 0.190. The lowest BCUT2D eigenvalue weighted by atomic mass is 10.1. The van der Waals surface area contributed by atoms with Crippen LogP contribution in [0.15, 0.2) is 48.5 Å². The van der Waals surface area contributed by atoms with Crippen molar-refractivity contribution in [3.63, 3.8) is 0 Å². The van der Waals surface area contributed by atoms with Crippen molar-refractivity contribution in [2.75, 3.05) is 0 Å². The molecule has 1 atom stereocenters. The lowest BCUT2D eigenvalue weighted by Gasteiger charge is -2.11. The molecule has 0 N–H and O–H groups in total. The zero-order valence-corrected chi connectivity index (χ0v) is 12.3. The van der Waals surface area contributed by atoms with Crippen molar-refractivity contribution in [3.05, 3.63) is 60.2 Å². The van der Waals surface area contributed by atoms with Gasteiger partial charge in [0.2, 0.25) is 0 Å². The lowest BCUT2D eigenvalue weighted by Crippen LogP contribution is -2.22. The molecule has 0 spiro atoms. The Morgan fingerprint density at radius 1 is 0.870 bits per heavy atom. The summed E-state index contributed by atoms with van der Waals surface area (Å²) in [6.07, 6.45) is -0.197. The fourth-order valence-corrected chi connectivity index (χ4v) is 1.73. The summed E-state index contributed by atoms with van der Waals surface area (Å²) in [4.78, 5) is 23.6. The maximum absolute atomic E-state index is 12.8. The summed E-state index contributed by atoms with van der Waals surface area (Å²) in [6, 6.07) is 9.91. The number of carbonyl (C=O) groups is 2. The van der Waals surface area contributed by atoms with Gasteiger partial charge in [-0.15, -0.1) is 0 Å². The van der Waals surface area contributed by atoms with Crippen LogP contribution in [-0.4, -0.2) is 11.9 Å². The molecule has 0 saturated heterocycles. The van der Waals surface area contributed by atoms with E-state index in [0.29, 0.717) is 0 Å². The van der Waals surface area contributed by atoms with Crippen LogP contribution in [0.1, 0.15) is 13.3 Å². The van der Waals surface area contributed by atoms with Gasteiger partial charge in [0.05, 0.1) is 12.3 Å². The maximum Gasteiger partial charge on any atom is 0.314 e. The van der Waals surface area contributed by atoms with E-state index < -0.39 is 29.5 Å². The highest BCUT2D eigenvalue weighted by Gasteiger charge is 2.20. The minimum atomic E-state index is -0.743. The Bertz CT molecular complexity index is 681. The molecule has 0 aliphatic rings. The van der Waals surface area contributed by atoms with E-state index in [-0.39, 0.29) is 17.9 Å². The summed E-state index contributed by atoms with van der Waals surface area (Å²) in [5.74, 6) is -2.52. The maximum atomic E-state index is 12.8. The van der Waals surface area contributed by atoms with Crippen LogP contribution in [0.2, 0.25) is 0 Å². The van der Waals surface area contributed by atoms with Crippen molar-refractivity contribution < 1.29 is 27.8 Å². The van der Waals surface area contributed by atoms with Gasteiger partial charge in [-0.3, -0.25) is 9.59 Å². The van der Waals surface area contributed by atoms with Gasteiger partial charge in [-0.05, 0) is 48.5 Å². The zero-order valence-electron chi connectivity index (χ0n) is 12.3. The fourth-order valence-electron chi connectivity index (χ4n) is 1.73. The Kier molecular flexibility index (Phi) is 5.41. The topological polar surface area (TPSA) is 52.6 Å². The van der Waals surface area contributed by atoms with Crippen molar-refractivity contribution in [1.82, 2.24) is 0 Å². The van der Waals surface area contributed by atoms with Gasteiger partial charge in [-0.1, -0.05) is 6.92 Å². The van der Waals surface area contributed by atoms with Crippen LogP contribution < -0.4 is 9.47 Å². The molecule has 0 aromatic heterocycles. The van der Waals surface area contributed by atoms with E-state index in [1.807, 2.05) is 0 Å². The second-order valence-corrected chi connectivity index (χ2v) is 4.91. The molecule has 2 rings (SSSR count). The highest BCUT2D eigenvalue weighted by molar-refractivity contribution is 5.82. The van der Waals surface area contributed by atoms with Gasteiger partial charge in [-0.25, -0.2) is 8.78 Å². The molecule has 4 nitrogen and oxygen atoms in total. The fraction of sp³-hybridized carbons (Fsp3) is 0.176. The molecule has 0 fully saturated rings. The highest BCUT2D eigenvalue weighted by Crippen LogP contribution is 2.16. The first-order valence-electron chi connectivity index (χ1n) is 6.87. The third-order valence-corrected chi connectivity index (χ3v) is 2.95. The van der Waals surface area contributed by atoms with E-state index in [0.717, 1.165) is 24.3 Å². The van der Waals surface area contributed by atoms with Crippen LogP contribution in [0, 0.1) is 17.6 Å². The smallest absolute Gasteiger partial charge is 0.314 e. The molecule has 0 aliphatic heterocycles. The molecule has 0 amide bonds. The van der Waals surface area contributed by atoms with Crippen LogP contribution in [0.4, 0.5) is 8.78 Å². The van der Waals surface area contributed by atoms with Gasteiger partial charge in [0.1, 0.15) is 23.1 Å². The van der Waals surface area contributed by atoms with Crippen LogP contribution in [0.3, 0.4) is 0 Å². The summed E-state index contributed by atoms with van der Waals surface area (Å²) < 4.78 is 35.5. The Hall–Kier alpha value is -2.76. The van der Waals surface area contributed by atoms with Crippen molar-refractivity contribution in [1.29, 1.82) is 0 Å². The third-order valence-electron chi connectivity index (χ3n) is 2.95. The number of ether oxygens (including phenoxy) is 2. The summed E-state index contributed by atoms with van der Waals surface area (Å²) in [7, 11) is 0. The Morgan fingerprint density at radius 3 is 1.78 bits per heavy atom. The monoisotopic (exact) mass is 320 g/mol. The molecule has 0 aliphatic carbocycles. The van der Waals surface area contributed by atoms with E-state index in [4.69, 9.17) is 9.47 Å². The molecule has 23 heavy (non-hydrogen) atoms. The second-order valence-electron chi connectivity index (χ2n) is 4.91. The highest BCUT2D eigenvalue weighted by atomic mass is 19.1. The Labute approximate surface area is 131 Å². The SMILES string of the molecule is CC(CC(=O)Oc1ccc(F)cc1)C(=O)Oc1ccc(F)cc1. The molecule has 0 bridgehead atoms. The summed E-state index contributed by atoms with van der Waals surface area (Å²) in [5, 5.41) is 0. The van der Waals surface area contributed by atoms with Gasteiger partial charge >= 0.3 is 11.9 Å². The van der Waals surface area contributed by atoms with Gasteiger partial charge in [0, 0.05) is 0 Å². The quantitative estimate of drug-likeness (QED) is 0.625. The number of halogens is 2. The minimum Gasteiger partial charge on any atom is -0.427 e. The zero-order chi connectivity index (χ0) is 16.8. The Balaban J connectivity index is 1.86. The standard InChI is InChI=1S/C17H14F2O4/c1-11(17(21)23-15-8-4-13(19)5-9-15)10-16(20)22-14-6-2-12(18)3-7-14/h2-9,11H,10H2,1H3. The molecule has 2 aromatic carbocycles. The van der Waals surface area contributed by atoms with E-state index >= 15 is 0 Å². The summed E-state index contributed by atoms with van der Waals surface area (Å²) in [5.41, 5.74) is 0. The normalized spacial score (nSPS) is 11.6. The van der Waals surface area contributed by atoms with Crippen molar-refractivity contribution in [2.45, 2.75) is 13.3 Å². The van der Waals surface area contributed by atoms with Crippen LogP contribution in [0.5, 0.6) is 11.5 Å². The van der Waals surface area contributed by atoms with Crippen LogP contribution >= 0.6 is 0 Å². The van der Waals surface area contributed by atoms with Gasteiger partial charge in [0.15, 0.2) is 0 Å². The average Bonchev–Trinajstić information content (AvgIpc) is 2.51. The number of hydrogen-bond donors (Lipinski definition) is 0. The molecular formula is C17H14F2O4. The van der Waals surface area contributed by atoms with E-state index in [2.05, 4.69) is 0 Å². The van der Waals surface area contributed by atoms with Crippen molar-refractivity contribution >= 4 is 11.9 Å².